The van der Waals surface area contributed by atoms with E-state index in [0.717, 1.165) is 27.6 Å². The summed E-state index contributed by atoms with van der Waals surface area (Å²) >= 11 is 7.52. The first-order valence-corrected chi connectivity index (χ1v) is 6.83. The van der Waals surface area contributed by atoms with E-state index >= 15 is 0 Å². The second kappa shape index (κ2) is 4.37. The van der Waals surface area contributed by atoms with Gasteiger partial charge in [-0.1, -0.05) is 23.7 Å². The Morgan fingerprint density at radius 2 is 2.33 bits per heavy atom. The highest BCUT2D eigenvalue weighted by atomic mass is 35.5. The Morgan fingerprint density at radius 1 is 1.50 bits per heavy atom. The third kappa shape index (κ3) is 1.91. The molecule has 1 heterocycles. The number of thiazole rings is 1. The molecule has 92 valence electrons. The van der Waals surface area contributed by atoms with Crippen LogP contribution < -0.4 is 0 Å². The lowest BCUT2D eigenvalue weighted by atomic mass is 10.1. The Balaban J connectivity index is 2.02. The van der Waals surface area contributed by atoms with E-state index in [1.807, 2.05) is 24.3 Å². The molecule has 0 aliphatic heterocycles. The van der Waals surface area contributed by atoms with Crippen LogP contribution in [0.4, 0.5) is 0 Å². The quantitative estimate of drug-likeness (QED) is 0.914. The van der Waals surface area contributed by atoms with Gasteiger partial charge in [0.25, 0.3) is 0 Å². The zero-order chi connectivity index (χ0) is 12.7. The zero-order valence-electron chi connectivity index (χ0n) is 9.39. The number of rotatable bonds is 2. The molecule has 1 aromatic carbocycles. The third-order valence-electron chi connectivity index (χ3n) is 3.09. The molecule has 0 fully saturated rings. The number of aryl methyl sites for hydroxylation is 1. The lowest BCUT2D eigenvalue weighted by Crippen LogP contribution is -2.08. The van der Waals surface area contributed by atoms with Crippen LogP contribution in [0.15, 0.2) is 24.3 Å². The molecule has 1 aliphatic carbocycles. The normalized spacial score (nSPS) is 17.7. The SMILES string of the molecule is O=C(O)C1CCc2sc(-c3cccc(Cl)c3)nc21. The van der Waals surface area contributed by atoms with E-state index in [1.165, 1.54) is 0 Å². The predicted molar refractivity (Wildman–Crippen MR) is 71.3 cm³/mol. The highest BCUT2D eigenvalue weighted by Gasteiger charge is 2.32. The number of nitrogens with zero attached hydrogens (tertiary/aromatic N) is 1. The van der Waals surface area contributed by atoms with Crippen LogP contribution in [0.2, 0.25) is 5.02 Å². The van der Waals surface area contributed by atoms with Crippen molar-refractivity contribution in [3.8, 4) is 10.6 Å². The summed E-state index contributed by atoms with van der Waals surface area (Å²) in [5.74, 6) is -1.22. The molecule has 1 aromatic heterocycles. The van der Waals surface area contributed by atoms with Crippen molar-refractivity contribution in [1.29, 1.82) is 0 Å². The average Bonchev–Trinajstić information content (AvgIpc) is 2.87. The predicted octanol–water partition coefficient (Wildman–Crippen LogP) is 3.58. The highest BCUT2D eigenvalue weighted by molar-refractivity contribution is 7.15. The van der Waals surface area contributed by atoms with Crippen LogP contribution in [-0.4, -0.2) is 16.1 Å². The van der Waals surface area contributed by atoms with Gasteiger partial charge < -0.3 is 5.11 Å². The molecule has 0 radical (unpaired) electrons. The second-order valence-electron chi connectivity index (χ2n) is 4.27. The molecule has 0 bridgehead atoms. The topological polar surface area (TPSA) is 50.2 Å². The van der Waals surface area contributed by atoms with Crippen molar-refractivity contribution in [2.75, 3.05) is 0 Å². The van der Waals surface area contributed by atoms with Gasteiger partial charge in [0.05, 0.1) is 5.69 Å². The summed E-state index contributed by atoms with van der Waals surface area (Å²) in [5, 5.41) is 10.6. The molecule has 0 spiro atoms. The first kappa shape index (κ1) is 11.7. The van der Waals surface area contributed by atoms with Gasteiger partial charge in [-0.3, -0.25) is 4.79 Å². The summed E-state index contributed by atoms with van der Waals surface area (Å²) in [6.07, 6.45) is 1.48. The van der Waals surface area contributed by atoms with Gasteiger partial charge in [-0.05, 0) is 25.0 Å². The highest BCUT2D eigenvalue weighted by Crippen LogP contribution is 2.40. The van der Waals surface area contributed by atoms with E-state index in [4.69, 9.17) is 16.7 Å². The van der Waals surface area contributed by atoms with E-state index < -0.39 is 11.9 Å². The maximum absolute atomic E-state index is 11.1. The smallest absolute Gasteiger partial charge is 0.312 e. The number of carbonyl (C=O) groups is 1. The maximum atomic E-state index is 11.1. The minimum absolute atomic E-state index is 0.441. The molecular formula is C13H10ClNO2S. The van der Waals surface area contributed by atoms with Crippen molar-refractivity contribution >= 4 is 28.9 Å². The fourth-order valence-electron chi connectivity index (χ4n) is 2.21. The van der Waals surface area contributed by atoms with E-state index in [1.54, 1.807) is 11.3 Å². The van der Waals surface area contributed by atoms with Crippen LogP contribution in [0.1, 0.15) is 22.9 Å². The van der Waals surface area contributed by atoms with Gasteiger partial charge in [0.2, 0.25) is 0 Å². The van der Waals surface area contributed by atoms with Gasteiger partial charge in [-0.25, -0.2) is 4.98 Å². The van der Waals surface area contributed by atoms with Crippen LogP contribution in [0.3, 0.4) is 0 Å². The van der Waals surface area contributed by atoms with Gasteiger partial charge in [-0.15, -0.1) is 11.3 Å². The summed E-state index contributed by atoms with van der Waals surface area (Å²) in [7, 11) is 0. The summed E-state index contributed by atoms with van der Waals surface area (Å²) in [5.41, 5.74) is 1.69. The minimum atomic E-state index is -0.781. The Hall–Kier alpha value is -1.39. The Labute approximate surface area is 113 Å². The molecule has 2 aromatic rings. The summed E-state index contributed by atoms with van der Waals surface area (Å²) in [6.45, 7) is 0. The number of hydrogen-bond donors (Lipinski definition) is 1. The summed E-state index contributed by atoms with van der Waals surface area (Å²) in [6, 6.07) is 7.48. The molecule has 1 aliphatic rings. The Bertz CT molecular complexity index is 623. The first-order chi connectivity index (χ1) is 8.65. The summed E-state index contributed by atoms with van der Waals surface area (Å²) in [4.78, 5) is 16.7. The maximum Gasteiger partial charge on any atom is 0.312 e. The number of carboxylic acid groups (broad SMARTS) is 1. The fraction of sp³-hybridized carbons (Fsp3) is 0.231. The van der Waals surface area contributed by atoms with Crippen LogP contribution in [0.25, 0.3) is 10.6 Å². The van der Waals surface area contributed by atoms with Crippen molar-refractivity contribution in [3.05, 3.63) is 39.9 Å². The Morgan fingerprint density at radius 3 is 3.06 bits per heavy atom. The number of carboxylic acids is 1. The number of halogens is 1. The summed E-state index contributed by atoms with van der Waals surface area (Å²) < 4.78 is 0. The molecule has 0 saturated carbocycles. The number of benzene rings is 1. The molecule has 0 saturated heterocycles. The molecule has 3 nitrogen and oxygen atoms in total. The molecule has 0 amide bonds. The van der Waals surface area contributed by atoms with E-state index in [-0.39, 0.29) is 0 Å². The van der Waals surface area contributed by atoms with Crippen molar-refractivity contribution in [2.24, 2.45) is 0 Å². The third-order valence-corrected chi connectivity index (χ3v) is 4.50. The first-order valence-electron chi connectivity index (χ1n) is 5.63. The van der Waals surface area contributed by atoms with Crippen molar-refractivity contribution in [3.63, 3.8) is 0 Å². The van der Waals surface area contributed by atoms with Gasteiger partial charge in [-0.2, -0.15) is 0 Å². The van der Waals surface area contributed by atoms with E-state index in [9.17, 15) is 4.79 Å². The van der Waals surface area contributed by atoms with Crippen molar-refractivity contribution in [1.82, 2.24) is 4.98 Å². The minimum Gasteiger partial charge on any atom is -0.481 e. The molecule has 1 unspecified atom stereocenters. The molecule has 1 atom stereocenters. The monoisotopic (exact) mass is 279 g/mol. The lowest BCUT2D eigenvalue weighted by Gasteiger charge is -2.01. The van der Waals surface area contributed by atoms with E-state index in [0.29, 0.717) is 11.4 Å². The largest absolute Gasteiger partial charge is 0.481 e. The van der Waals surface area contributed by atoms with Gasteiger partial charge in [0.15, 0.2) is 0 Å². The number of hydrogen-bond acceptors (Lipinski definition) is 3. The average molecular weight is 280 g/mol. The van der Waals surface area contributed by atoms with Crippen molar-refractivity contribution < 1.29 is 9.90 Å². The number of aliphatic carboxylic acids is 1. The van der Waals surface area contributed by atoms with Crippen LogP contribution in [0, 0.1) is 0 Å². The zero-order valence-corrected chi connectivity index (χ0v) is 11.0. The molecule has 1 N–H and O–H groups in total. The van der Waals surface area contributed by atoms with Gasteiger partial charge in [0, 0.05) is 15.5 Å². The van der Waals surface area contributed by atoms with Crippen molar-refractivity contribution in [2.45, 2.75) is 18.8 Å². The number of fused-ring (bicyclic) bond motifs is 1. The van der Waals surface area contributed by atoms with Crippen LogP contribution >= 0.6 is 22.9 Å². The standard InChI is InChI=1S/C13H10ClNO2S/c14-8-3-1-2-7(6-8)12-15-11-9(13(16)17)4-5-10(11)18-12/h1-3,6,9H,4-5H2,(H,16,17). The molecular weight excluding hydrogens is 270 g/mol. The Kier molecular flexibility index (Phi) is 2.84. The van der Waals surface area contributed by atoms with E-state index in [2.05, 4.69) is 4.98 Å². The van der Waals surface area contributed by atoms with Gasteiger partial charge >= 0.3 is 5.97 Å². The molecule has 5 heteroatoms. The molecule has 3 rings (SSSR count). The lowest BCUT2D eigenvalue weighted by molar-refractivity contribution is -0.138. The van der Waals surface area contributed by atoms with Crippen LogP contribution in [-0.2, 0) is 11.2 Å². The fourth-order valence-corrected chi connectivity index (χ4v) is 3.54. The van der Waals surface area contributed by atoms with Crippen LogP contribution in [0.5, 0.6) is 0 Å². The second-order valence-corrected chi connectivity index (χ2v) is 5.79. The molecule has 18 heavy (non-hydrogen) atoms. The number of aromatic nitrogens is 1. The van der Waals surface area contributed by atoms with Gasteiger partial charge in [0.1, 0.15) is 10.9 Å².